The number of rotatable bonds is 4. The van der Waals surface area contributed by atoms with E-state index in [1.165, 1.54) is 12.3 Å². The Hall–Kier alpha value is -2.10. The van der Waals surface area contributed by atoms with Crippen LogP contribution in [0.5, 0.6) is 5.75 Å². The summed E-state index contributed by atoms with van der Waals surface area (Å²) in [5.74, 6) is 0.366. The normalized spacial score (nSPS) is 10.2. The summed E-state index contributed by atoms with van der Waals surface area (Å²) in [6, 6.07) is 11.0. The van der Waals surface area contributed by atoms with E-state index in [-0.39, 0.29) is 0 Å². The molecule has 0 atom stereocenters. The SMILES string of the molecule is COc1ccc(CN(C)c2ccnc(F)c2)cc1. The van der Waals surface area contributed by atoms with Crippen molar-refractivity contribution in [2.75, 3.05) is 19.1 Å². The van der Waals surface area contributed by atoms with E-state index in [4.69, 9.17) is 4.74 Å². The molecule has 1 aromatic carbocycles. The highest BCUT2D eigenvalue weighted by atomic mass is 19.1. The maximum atomic E-state index is 13.0. The Kier molecular flexibility index (Phi) is 3.77. The number of hydrogen-bond acceptors (Lipinski definition) is 3. The highest BCUT2D eigenvalue weighted by molar-refractivity contribution is 5.45. The van der Waals surface area contributed by atoms with Crippen LogP contribution in [0.1, 0.15) is 5.56 Å². The summed E-state index contributed by atoms with van der Waals surface area (Å²) in [7, 11) is 3.56. The Morgan fingerprint density at radius 1 is 1.22 bits per heavy atom. The molecule has 94 valence electrons. The Morgan fingerprint density at radius 2 is 1.94 bits per heavy atom. The predicted molar refractivity (Wildman–Crippen MR) is 69.3 cm³/mol. The monoisotopic (exact) mass is 246 g/mol. The van der Waals surface area contributed by atoms with Crippen molar-refractivity contribution in [3.05, 3.63) is 54.1 Å². The van der Waals surface area contributed by atoms with Crippen LogP contribution in [0.2, 0.25) is 0 Å². The van der Waals surface area contributed by atoms with Crippen LogP contribution in [-0.4, -0.2) is 19.1 Å². The van der Waals surface area contributed by atoms with Gasteiger partial charge in [-0.15, -0.1) is 0 Å². The zero-order valence-electron chi connectivity index (χ0n) is 10.4. The first-order valence-corrected chi connectivity index (χ1v) is 5.64. The third-order valence-corrected chi connectivity index (χ3v) is 2.73. The maximum absolute atomic E-state index is 13.0. The van der Waals surface area contributed by atoms with E-state index in [1.807, 2.05) is 36.2 Å². The molecule has 0 amide bonds. The summed E-state index contributed by atoms with van der Waals surface area (Å²) in [6.07, 6.45) is 1.47. The molecule has 0 aliphatic heterocycles. The fourth-order valence-corrected chi connectivity index (χ4v) is 1.73. The molecule has 0 unspecified atom stereocenters. The van der Waals surface area contributed by atoms with Crippen LogP contribution < -0.4 is 9.64 Å². The van der Waals surface area contributed by atoms with E-state index in [1.54, 1.807) is 13.2 Å². The minimum atomic E-state index is -0.464. The minimum absolute atomic E-state index is 0.464. The first-order chi connectivity index (χ1) is 8.69. The fourth-order valence-electron chi connectivity index (χ4n) is 1.73. The van der Waals surface area contributed by atoms with E-state index in [0.29, 0.717) is 6.54 Å². The molecule has 0 N–H and O–H groups in total. The molecular weight excluding hydrogens is 231 g/mol. The second-order valence-corrected chi connectivity index (χ2v) is 4.04. The highest BCUT2D eigenvalue weighted by Crippen LogP contribution is 2.17. The lowest BCUT2D eigenvalue weighted by Crippen LogP contribution is -2.16. The molecule has 0 fully saturated rings. The van der Waals surface area contributed by atoms with Crippen LogP contribution in [0, 0.1) is 5.95 Å². The van der Waals surface area contributed by atoms with Gasteiger partial charge in [0.15, 0.2) is 0 Å². The number of methoxy groups -OCH3 is 1. The number of ether oxygens (including phenoxy) is 1. The van der Waals surface area contributed by atoms with Gasteiger partial charge in [0, 0.05) is 31.5 Å². The van der Waals surface area contributed by atoms with Crippen molar-refractivity contribution in [3.8, 4) is 5.75 Å². The molecule has 18 heavy (non-hydrogen) atoms. The predicted octanol–water partition coefficient (Wildman–Crippen LogP) is 2.87. The summed E-state index contributed by atoms with van der Waals surface area (Å²) in [5, 5.41) is 0. The summed E-state index contributed by atoms with van der Waals surface area (Å²) in [4.78, 5) is 5.51. The zero-order valence-corrected chi connectivity index (χ0v) is 10.4. The molecule has 0 saturated heterocycles. The molecule has 2 aromatic rings. The van der Waals surface area contributed by atoms with Gasteiger partial charge < -0.3 is 9.64 Å². The Labute approximate surface area is 106 Å². The van der Waals surface area contributed by atoms with Crippen molar-refractivity contribution < 1.29 is 9.13 Å². The van der Waals surface area contributed by atoms with Crippen molar-refractivity contribution in [1.29, 1.82) is 0 Å². The third-order valence-electron chi connectivity index (χ3n) is 2.73. The van der Waals surface area contributed by atoms with Crippen molar-refractivity contribution >= 4 is 5.69 Å². The first kappa shape index (κ1) is 12.4. The van der Waals surface area contributed by atoms with E-state index >= 15 is 0 Å². The van der Waals surface area contributed by atoms with Crippen LogP contribution in [0.25, 0.3) is 0 Å². The van der Waals surface area contributed by atoms with Gasteiger partial charge in [0.2, 0.25) is 5.95 Å². The van der Waals surface area contributed by atoms with Gasteiger partial charge in [-0.25, -0.2) is 4.98 Å². The number of halogens is 1. The Bertz CT molecular complexity index is 513. The second kappa shape index (κ2) is 5.49. The van der Waals surface area contributed by atoms with Crippen molar-refractivity contribution in [1.82, 2.24) is 4.98 Å². The van der Waals surface area contributed by atoms with Crippen LogP contribution in [0.3, 0.4) is 0 Å². The molecule has 0 aliphatic rings. The van der Waals surface area contributed by atoms with Gasteiger partial charge >= 0.3 is 0 Å². The molecule has 0 saturated carbocycles. The lowest BCUT2D eigenvalue weighted by atomic mass is 10.2. The van der Waals surface area contributed by atoms with Crippen LogP contribution in [-0.2, 0) is 6.54 Å². The third kappa shape index (κ3) is 2.97. The quantitative estimate of drug-likeness (QED) is 0.776. The van der Waals surface area contributed by atoms with Gasteiger partial charge in [0.1, 0.15) is 5.75 Å². The largest absolute Gasteiger partial charge is 0.497 e. The van der Waals surface area contributed by atoms with Crippen LogP contribution in [0.15, 0.2) is 42.6 Å². The maximum Gasteiger partial charge on any atom is 0.214 e. The molecule has 4 heteroatoms. The summed E-state index contributed by atoms with van der Waals surface area (Å²) < 4.78 is 18.1. The smallest absolute Gasteiger partial charge is 0.214 e. The number of benzene rings is 1. The molecule has 1 aromatic heterocycles. The van der Waals surface area contributed by atoms with Gasteiger partial charge in [-0.05, 0) is 23.8 Å². The number of nitrogens with zero attached hydrogens (tertiary/aromatic N) is 2. The molecule has 0 spiro atoms. The number of hydrogen-bond donors (Lipinski definition) is 0. The molecule has 3 nitrogen and oxygen atoms in total. The molecule has 0 bridgehead atoms. The van der Waals surface area contributed by atoms with Crippen LogP contribution >= 0.6 is 0 Å². The van der Waals surface area contributed by atoms with Crippen LogP contribution in [0.4, 0.5) is 10.1 Å². The topological polar surface area (TPSA) is 25.4 Å². The highest BCUT2D eigenvalue weighted by Gasteiger charge is 2.04. The van der Waals surface area contributed by atoms with Crippen molar-refractivity contribution in [2.24, 2.45) is 0 Å². The number of pyridine rings is 1. The molecule has 0 aliphatic carbocycles. The van der Waals surface area contributed by atoms with Crippen molar-refractivity contribution in [3.63, 3.8) is 0 Å². The minimum Gasteiger partial charge on any atom is -0.497 e. The fraction of sp³-hybridized carbons (Fsp3) is 0.214. The average molecular weight is 246 g/mol. The number of anilines is 1. The molecule has 1 heterocycles. The Morgan fingerprint density at radius 3 is 2.56 bits per heavy atom. The average Bonchev–Trinajstić information content (AvgIpc) is 2.39. The van der Waals surface area contributed by atoms with Gasteiger partial charge in [-0.1, -0.05) is 12.1 Å². The van der Waals surface area contributed by atoms with Gasteiger partial charge in [0.25, 0.3) is 0 Å². The second-order valence-electron chi connectivity index (χ2n) is 4.04. The van der Waals surface area contributed by atoms with E-state index in [9.17, 15) is 4.39 Å². The molecule has 0 radical (unpaired) electrons. The van der Waals surface area contributed by atoms with E-state index in [2.05, 4.69) is 4.98 Å². The van der Waals surface area contributed by atoms with E-state index < -0.39 is 5.95 Å². The summed E-state index contributed by atoms with van der Waals surface area (Å²) in [5.41, 5.74) is 1.94. The lowest BCUT2D eigenvalue weighted by Gasteiger charge is -2.19. The van der Waals surface area contributed by atoms with Gasteiger partial charge in [-0.2, -0.15) is 4.39 Å². The summed E-state index contributed by atoms with van der Waals surface area (Å²) in [6.45, 7) is 0.702. The van der Waals surface area contributed by atoms with Gasteiger partial charge in [-0.3, -0.25) is 0 Å². The molecular formula is C14H15FN2O. The van der Waals surface area contributed by atoms with Gasteiger partial charge in [0.05, 0.1) is 7.11 Å². The molecule has 2 rings (SSSR count). The van der Waals surface area contributed by atoms with E-state index in [0.717, 1.165) is 17.0 Å². The number of aromatic nitrogens is 1. The Balaban J connectivity index is 2.08. The first-order valence-electron chi connectivity index (χ1n) is 5.64. The standard InChI is InChI=1S/C14H15FN2O/c1-17(12-7-8-16-14(15)9-12)10-11-3-5-13(18-2)6-4-11/h3-9H,10H2,1-2H3. The zero-order chi connectivity index (χ0) is 13.0. The summed E-state index contributed by atoms with van der Waals surface area (Å²) >= 11 is 0. The lowest BCUT2D eigenvalue weighted by molar-refractivity contribution is 0.414. The van der Waals surface area contributed by atoms with Crippen molar-refractivity contribution in [2.45, 2.75) is 6.54 Å².